The molecule has 0 aliphatic carbocycles. The van der Waals surface area contributed by atoms with Gasteiger partial charge in [-0.25, -0.2) is 13.4 Å². The number of thioether (sulfide) groups is 1. The van der Waals surface area contributed by atoms with E-state index in [0.29, 0.717) is 6.42 Å². The first kappa shape index (κ1) is 17.2. The van der Waals surface area contributed by atoms with E-state index in [9.17, 15) is 13.2 Å². The first-order valence-corrected chi connectivity index (χ1v) is 10.6. The van der Waals surface area contributed by atoms with Crippen LogP contribution in [0, 0.1) is 6.92 Å². The second-order valence-electron chi connectivity index (χ2n) is 6.53. The number of amides is 1. The van der Waals surface area contributed by atoms with Crippen LogP contribution >= 0.6 is 11.8 Å². The SMILES string of the molecule is Cc1cc(SCC(=O)N[C@@]2(C)CCS(=O)(=O)C2)nc2ccccc12. The van der Waals surface area contributed by atoms with Crippen LogP contribution in [-0.4, -0.2) is 42.1 Å². The van der Waals surface area contributed by atoms with Crippen molar-refractivity contribution in [1.82, 2.24) is 10.3 Å². The van der Waals surface area contributed by atoms with Crippen LogP contribution in [0.5, 0.6) is 0 Å². The minimum Gasteiger partial charge on any atom is -0.349 e. The summed E-state index contributed by atoms with van der Waals surface area (Å²) in [5.41, 5.74) is 1.38. The molecule has 1 fully saturated rings. The summed E-state index contributed by atoms with van der Waals surface area (Å²) in [6.07, 6.45) is 0.471. The number of sulfone groups is 1. The predicted molar refractivity (Wildman–Crippen MR) is 97.0 cm³/mol. The van der Waals surface area contributed by atoms with E-state index in [4.69, 9.17) is 0 Å². The Morgan fingerprint density at radius 1 is 1.38 bits per heavy atom. The van der Waals surface area contributed by atoms with Gasteiger partial charge in [-0.3, -0.25) is 4.79 Å². The molecule has 24 heavy (non-hydrogen) atoms. The number of aromatic nitrogens is 1. The maximum atomic E-state index is 12.2. The Balaban J connectivity index is 1.65. The van der Waals surface area contributed by atoms with Crippen LogP contribution in [-0.2, 0) is 14.6 Å². The summed E-state index contributed by atoms with van der Waals surface area (Å²) in [5, 5.41) is 4.77. The first-order chi connectivity index (χ1) is 11.3. The summed E-state index contributed by atoms with van der Waals surface area (Å²) < 4.78 is 23.2. The topological polar surface area (TPSA) is 76.1 Å². The number of hydrogen-bond donors (Lipinski definition) is 1. The van der Waals surface area contributed by atoms with Crippen molar-refractivity contribution in [3.05, 3.63) is 35.9 Å². The van der Waals surface area contributed by atoms with E-state index in [-0.39, 0.29) is 23.2 Å². The van der Waals surface area contributed by atoms with Crippen LogP contribution in [0.4, 0.5) is 0 Å². The molecule has 1 aromatic heterocycles. The molecule has 0 bridgehead atoms. The Morgan fingerprint density at radius 2 is 2.12 bits per heavy atom. The number of fused-ring (bicyclic) bond motifs is 1. The highest BCUT2D eigenvalue weighted by Crippen LogP contribution is 2.25. The standard InChI is InChI=1S/C17H20N2O3S2/c1-12-9-16(18-14-6-4-3-5-13(12)14)23-10-15(20)19-17(2)7-8-24(21,22)11-17/h3-6,9H,7-8,10-11H2,1-2H3,(H,19,20)/t17-/m0/s1. The lowest BCUT2D eigenvalue weighted by Gasteiger charge is -2.23. The normalized spacial score (nSPS) is 22.6. The molecule has 1 atom stereocenters. The number of carbonyl (C=O) groups excluding carboxylic acids is 1. The third kappa shape index (κ3) is 3.89. The lowest BCUT2D eigenvalue weighted by atomic mass is 10.0. The van der Waals surface area contributed by atoms with Crippen LogP contribution in [0.15, 0.2) is 35.4 Å². The number of benzene rings is 1. The maximum Gasteiger partial charge on any atom is 0.230 e. The van der Waals surface area contributed by atoms with Crippen molar-refractivity contribution in [1.29, 1.82) is 0 Å². The number of rotatable bonds is 4. The number of hydrogen-bond acceptors (Lipinski definition) is 5. The van der Waals surface area contributed by atoms with Crippen molar-refractivity contribution in [3.8, 4) is 0 Å². The quantitative estimate of drug-likeness (QED) is 0.843. The molecule has 1 saturated heterocycles. The van der Waals surface area contributed by atoms with Crippen molar-refractivity contribution < 1.29 is 13.2 Å². The second-order valence-corrected chi connectivity index (χ2v) is 9.71. The highest BCUT2D eigenvalue weighted by molar-refractivity contribution is 7.99. The smallest absolute Gasteiger partial charge is 0.230 e. The zero-order chi connectivity index (χ0) is 17.4. The van der Waals surface area contributed by atoms with Crippen LogP contribution in [0.3, 0.4) is 0 Å². The highest BCUT2D eigenvalue weighted by Gasteiger charge is 2.39. The zero-order valence-electron chi connectivity index (χ0n) is 13.7. The third-order valence-corrected chi connectivity index (χ3v) is 7.01. The van der Waals surface area contributed by atoms with Crippen molar-refractivity contribution in [2.75, 3.05) is 17.3 Å². The summed E-state index contributed by atoms with van der Waals surface area (Å²) in [7, 11) is -3.03. The van der Waals surface area contributed by atoms with Crippen molar-refractivity contribution in [2.24, 2.45) is 0 Å². The van der Waals surface area contributed by atoms with Crippen LogP contribution in [0.2, 0.25) is 0 Å². The van der Waals surface area contributed by atoms with Gasteiger partial charge < -0.3 is 5.32 Å². The van der Waals surface area contributed by atoms with Gasteiger partial charge in [0.15, 0.2) is 9.84 Å². The maximum absolute atomic E-state index is 12.2. The highest BCUT2D eigenvalue weighted by atomic mass is 32.2. The van der Waals surface area contributed by atoms with Gasteiger partial charge in [-0.05, 0) is 38.0 Å². The monoisotopic (exact) mass is 364 g/mol. The van der Waals surface area contributed by atoms with Crippen molar-refractivity contribution >= 4 is 38.4 Å². The molecule has 1 aliphatic heterocycles. The third-order valence-electron chi connectivity index (χ3n) is 4.20. The number of pyridine rings is 1. The number of nitrogens with one attached hydrogen (secondary N) is 1. The zero-order valence-corrected chi connectivity index (χ0v) is 15.3. The molecular weight excluding hydrogens is 344 g/mol. The predicted octanol–water partition coefficient (Wildman–Crippen LogP) is 2.33. The van der Waals surface area contributed by atoms with E-state index < -0.39 is 15.4 Å². The van der Waals surface area contributed by atoms with Gasteiger partial charge in [0, 0.05) is 5.39 Å². The molecule has 0 spiro atoms. The number of nitrogens with zero attached hydrogens (tertiary/aromatic N) is 1. The van der Waals surface area contributed by atoms with Crippen LogP contribution in [0.1, 0.15) is 18.9 Å². The minimum absolute atomic E-state index is 0.0176. The molecule has 1 aliphatic rings. The number of carbonyl (C=O) groups is 1. The molecule has 7 heteroatoms. The lowest BCUT2D eigenvalue weighted by molar-refractivity contribution is -0.120. The van der Waals surface area contributed by atoms with Gasteiger partial charge in [-0.15, -0.1) is 0 Å². The van der Waals surface area contributed by atoms with Crippen molar-refractivity contribution in [2.45, 2.75) is 30.8 Å². The van der Waals surface area contributed by atoms with E-state index in [0.717, 1.165) is 21.5 Å². The largest absolute Gasteiger partial charge is 0.349 e. The molecule has 2 aromatic rings. The van der Waals surface area contributed by atoms with Crippen LogP contribution in [0.25, 0.3) is 10.9 Å². The lowest BCUT2D eigenvalue weighted by Crippen LogP contribution is -2.47. The van der Waals surface area contributed by atoms with E-state index >= 15 is 0 Å². The Morgan fingerprint density at radius 3 is 2.83 bits per heavy atom. The number of aryl methyl sites for hydroxylation is 1. The number of para-hydroxylation sites is 1. The fraction of sp³-hybridized carbons (Fsp3) is 0.412. The van der Waals surface area contributed by atoms with E-state index in [1.165, 1.54) is 11.8 Å². The van der Waals surface area contributed by atoms with Gasteiger partial charge in [0.25, 0.3) is 0 Å². The van der Waals surface area contributed by atoms with Gasteiger partial charge in [-0.2, -0.15) is 0 Å². The molecule has 1 amide bonds. The minimum atomic E-state index is -3.03. The molecule has 1 N–H and O–H groups in total. The molecule has 2 heterocycles. The molecule has 0 radical (unpaired) electrons. The van der Waals surface area contributed by atoms with Crippen LogP contribution < -0.4 is 5.32 Å². The van der Waals surface area contributed by atoms with E-state index in [2.05, 4.69) is 10.3 Å². The van der Waals surface area contributed by atoms with Gasteiger partial charge in [0.2, 0.25) is 5.91 Å². The second kappa shape index (κ2) is 6.37. The Bertz CT molecular complexity index is 896. The Kier molecular flexibility index (Phi) is 4.57. The molecular formula is C17H20N2O3S2. The summed E-state index contributed by atoms with van der Waals surface area (Å²) in [5.74, 6) is 0.221. The van der Waals surface area contributed by atoms with Gasteiger partial charge in [0.05, 0.1) is 33.3 Å². The Hall–Kier alpha value is -1.60. The Labute approximate surface area is 146 Å². The molecule has 0 unspecified atom stereocenters. The molecule has 1 aromatic carbocycles. The molecule has 128 valence electrons. The van der Waals surface area contributed by atoms with Gasteiger partial charge in [0.1, 0.15) is 0 Å². The van der Waals surface area contributed by atoms with Gasteiger partial charge in [-0.1, -0.05) is 30.0 Å². The average molecular weight is 364 g/mol. The van der Waals surface area contributed by atoms with Gasteiger partial charge >= 0.3 is 0 Å². The van der Waals surface area contributed by atoms with E-state index in [1.54, 1.807) is 6.92 Å². The first-order valence-electron chi connectivity index (χ1n) is 7.77. The molecule has 3 rings (SSSR count). The van der Waals surface area contributed by atoms with E-state index in [1.807, 2.05) is 37.3 Å². The van der Waals surface area contributed by atoms with Crippen molar-refractivity contribution in [3.63, 3.8) is 0 Å². The average Bonchev–Trinajstić information content (AvgIpc) is 2.78. The summed E-state index contributed by atoms with van der Waals surface area (Å²) in [4.78, 5) is 16.7. The fourth-order valence-corrected chi connectivity index (χ4v) is 5.88. The molecule has 0 saturated carbocycles. The summed E-state index contributed by atoms with van der Waals surface area (Å²) in [6, 6.07) is 9.88. The summed E-state index contributed by atoms with van der Waals surface area (Å²) >= 11 is 1.37. The molecule has 5 nitrogen and oxygen atoms in total. The fourth-order valence-electron chi connectivity index (χ4n) is 3.01. The summed E-state index contributed by atoms with van der Waals surface area (Å²) in [6.45, 7) is 3.82.